The van der Waals surface area contributed by atoms with Gasteiger partial charge in [-0.15, -0.1) is 0 Å². The molecule has 2 N–H and O–H groups in total. The van der Waals surface area contributed by atoms with Gasteiger partial charge in [0.1, 0.15) is 0 Å². The molecule has 1 aliphatic carbocycles. The van der Waals surface area contributed by atoms with Crippen LogP contribution in [0.2, 0.25) is 0 Å². The molecule has 0 unspecified atom stereocenters. The number of piperidine rings is 2. The van der Waals surface area contributed by atoms with E-state index in [2.05, 4.69) is 40.1 Å². The molecule has 9 heteroatoms. The lowest BCUT2D eigenvalue weighted by Crippen LogP contribution is -2.69. The summed E-state index contributed by atoms with van der Waals surface area (Å²) in [4.78, 5) is 18.1. The lowest BCUT2D eigenvalue weighted by atomic mass is 9.53. The Morgan fingerprint density at radius 3 is 2.77 bits per heavy atom. The van der Waals surface area contributed by atoms with E-state index >= 15 is 0 Å². The van der Waals surface area contributed by atoms with Crippen LogP contribution >= 0.6 is 0 Å². The number of ether oxygens (including phenoxy) is 1. The van der Waals surface area contributed by atoms with Crippen molar-refractivity contribution in [3.05, 3.63) is 41.5 Å². The molecule has 3 saturated heterocycles. The number of para-hydroxylation sites is 1. The van der Waals surface area contributed by atoms with Crippen LogP contribution in [0, 0.1) is 11.8 Å². The second-order valence-corrected chi connectivity index (χ2v) is 10.1. The fourth-order valence-corrected chi connectivity index (χ4v) is 7.51. The van der Waals surface area contributed by atoms with Gasteiger partial charge in [-0.3, -0.25) is 18.8 Å². The molecule has 4 fully saturated rings. The Morgan fingerprint density at radius 1 is 1.20 bits per heavy atom. The van der Waals surface area contributed by atoms with Gasteiger partial charge < -0.3 is 9.64 Å². The highest BCUT2D eigenvalue weighted by atomic mass is 32.3. The van der Waals surface area contributed by atoms with Crippen LogP contribution in [0.3, 0.4) is 0 Å². The molecule has 5 heterocycles. The minimum absolute atomic E-state index is 0.104. The monoisotopic (exact) mass is 432 g/mol. The zero-order chi connectivity index (χ0) is 20.8. The molecule has 1 aromatic rings. The summed E-state index contributed by atoms with van der Waals surface area (Å²) in [5.74, 6) is 1.35. The van der Waals surface area contributed by atoms with Crippen molar-refractivity contribution in [1.29, 1.82) is 0 Å². The van der Waals surface area contributed by atoms with Crippen molar-refractivity contribution in [3.8, 4) is 0 Å². The third-order valence-corrected chi connectivity index (χ3v) is 8.22. The van der Waals surface area contributed by atoms with E-state index in [0.717, 1.165) is 6.54 Å². The largest absolute Gasteiger partial charge is 0.394 e. The van der Waals surface area contributed by atoms with Gasteiger partial charge in [-0.05, 0) is 36.9 Å². The van der Waals surface area contributed by atoms with Gasteiger partial charge in [0.2, 0.25) is 5.91 Å². The number of anilines is 1. The minimum atomic E-state index is -4.67. The van der Waals surface area contributed by atoms with Crippen molar-refractivity contribution >= 4 is 22.0 Å². The van der Waals surface area contributed by atoms with Gasteiger partial charge in [-0.1, -0.05) is 29.8 Å². The highest BCUT2D eigenvalue weighted by Crippen LogP contribution is 2.65. The highest BCUT2D eigenvalue weighted by Gasteiger charge is 2.70. The molecule has 160 valence electrons. The summed E-state index contributed by atoms with van der Waals surface area (Å²) in [6.07, 6.45) is 5.43. The number of nitrogens with zero attached hydrogens (tertiary/aromatic N) is 2. The first-order valence-corrected chi connectivity index (χ1v) is 11.8. The molecule has 5 aliphatic heterocycles. The Balaban J connectivity index is 0.000000318. The molecule has 0 radical (unpaired) electrons. The molecule has 7 rings (SSSR count). The van der Waals surface area contributed by atoms with Crippen molar-refractivity contribution in [2.75, 3.05) is 24.6 Å². The van der Waals surface area contributed by atoms with Crippen LogP contribution in [0.1, 0.15) is 24.8 Å². The summed E-state index contributed by atoms with van der Waals surface area (Å²) in [5.41, 5.74) is 4.35. The molecule has 1 saturated carbocycles. The van der Waals surface area contributed by atoms with E-state index in [1.807, 2.05) is 0 Å². The van der Waals surface area contributed by atoms with Crippen LogP contribution in [-0.4, -0.2) is 66.2 Å². The van der Waals surface area contributed by atoms with E-state index in [9.17, 15) is 4.79 Å². The third kappa shape index (κ3) is 2.41. The zero-order valence-corrected chi connectivity index (χ0v) is 17.2. The van der Waals surface area contributed by atoms with Crippen molar-refractivity contribution in [1.82, 2.24) is 4.90 Å². The standard InChI is InChI=1S/C21H22N2O2.H2O4S/c24-18-10-16-19-13-9-17-21(6-7-22(17)11-12(13)5-8-25-16)14-3-1-2-4-15(14)23(18)20(19)21;1-5(2,3)4/h1-5,13,16-17,19-20H,6-11H2;(H2,1,2,3,4)/t13-,16-,17-,19-,20-,21+;/m0./s1. The van der Waals surface area contributed by atoms with E-state index in [-0.39, 0.29) is 17.4 Å². The predicted molar refractivity (Wildman–Crippen MR) is 108 cm³/mol. The van der Waals surface area contributed by atoms with Crippen LogP contribution in [0.25, 0.3) is 0 Å². The van der Waals surface area contributed by atoms with Crippen LogP contribution in [0.5, 0.6) is 0 Å². The van der Waals surface area contributed by atoms with Gasteiger partial charge in [-0.2, -0.15) is 8.42 Å². The molecule has 1 aromatic carbocycles. The Bertz CT molecular complexity index is 1060. The number of hydrogen-bond donors (Lipinski definition) is 2. The molecule has 6 aliphatic rings. The summed E-state index contributed by atoms with van der Waals surface area (Å²) >= 11 is 0. The van der Waals surface area contributed by atoms with Crippen LogP contribution in [0.15, 0.2) is 35.9 Å². The van der Waals surface area contributed by atoms with Crippen molar-refractivity contribution in [2.24, 2.45) is 11.8 Å². The Labute approximate surface area is 175 Å². The lowest BCUT2D eigenvalue weighted by molar-refractivity contribution is -0.132. The molecular formula is C21H24N2O6S. The maximum atomic E-state index is 13.2. The molecule has 8 nitrogen and oxygen atoms in total. The summed E-state index contributed by atoms with van der Waals surface area (Å²) in [6.45, 7) is 2.97. The van der Waals surface area contributed by atoms with Crippen LogP contribution < -0.4 is 4.90 Å². The van der Waals surface area contributed by atoms with E-state index in [1.54, 1.807) is 5.57 Å². The first kappa shape index (κ1) is 18.9. The number of carbonyl (C=O) groups excluding carboxylic acids is 1. The van der Waals surface area contributed by atoms with E-state index < -0.39 is 10.4 Å². The highest BCUT2D eigenvalue weighted by molar-refractivity contribution is 7.79. The number of rotatable bonds is 0. The normalized spacial score (nSPS) is 40.2. The number of fused-ring (bicyclic) bond motifs is 2. The Hall–Kier alpha value is -1.78. The Kier molecular flexibility index (Phi) is 3.88. The van der Waals surface area contributed by atoms with Gasteiger partial charge in [0.05, 0.1) is 25.2 Å². The second kappa shape index (κ2) is 6.14. The maximum absolute atomic E-state index is 13.2. The topological polar surface area (TPSA) is 107 Å². The minimum Gasteiger partial charge on any atom is -0.373 e. The number of carbonyl (C=O) groups is 1. The molecule has 0 aromatic heterocycles. The first-order valence-electron chi connectivity index (χ1n) is 10.4. The third-order valence-electron chi connectivity index (χ3n) is 8.22. The van der Waals surface area contributed by atoms with E-state index in [4.69, 9.17) is 22.3 Å². The maximum Gasteiger partial charge on any atom is 0.394 e. The van der Waals surface area contributed by atoms with Crippen LogP contribution in [-0.2, 0) is 25.3 Å². The fraction of sp³-hybridized carbons (Fsp3) is 0.571. The lowest BCUT2D eigenvalue weighted by Gasteiger charge is -2.58. The SMILES string of the molecule is O=C1C[C@@H]2OCC=C3CN4CC[C@]56c7ccccc7N1[C@H]5[C@H]2[C@H]3C[C@H]46.O=S(=O)(O)O. The average Bonchev–Trinajstić information content (AvgIpc) is 3.15. The molecule has 1 spiro atoms. The number of benzene rings is 1. The summed E-state index contributed by atoms with van der Waals surface area (Å²) < 4.78 is 37.8. The molecule has 6 atom stereocenters. The number of amides is 1. The first-order chi connectivity index (χ1) is 14.3. The van der Waals surface area contributed by atoms with Crippen molar-refractivity contribution < 1.29 is 27.1 Å². The van der Waals surface area contributed by atoms with Crippen molar-refractivity contribution in [2.45, 2.75) is 42.9 Å². The fourth-order valence-electron chi connectivity index (χ4n) is 7.51. The molecule has 30 heavy (non-hydrogen) atoms. The quantitative estimate of drug-likeness (QED) is 0.472. The predicted octanol–water partition coefficient (Wildman–Crippen LogP) is 1.44. The van der Waals surface area contributed by atoms with Crippen LogP contribution in [0.4, 0.5) is 5.69 Å². The van der Waals surface area contributed by atoms with Gasteiger partial charge in [0, 0.05) is 29.6 Å². The van der Waals surface area contributed by atoms with E-state index in [1.165, 1.54) is 30.6 Å². The summed E-state index contributed by atoms with van der Waals surface area (Å²) in [5, 5.41) is 0. The van der Waals surface area contributed by atoms with Gasteiger partial charge >= 0.3 is 10.4 Å². The summed E-state index contributed by atoms with van der Waals surface area (Å²) in [7, 11) is -4.67. The summed E-state index contributed by atoms with van der Waals surface area (Å²) in [6, 6.07) is 9.64. The second-order valence-electron chi connectivity index (χ2n) is 9.22. The zero-order valence-electron chi connectivity index (χ0n) is 16.3. The number of hydrogen-bond acceptors (Lipinski definition) is 5. The van der Waals surface area contributed by atoms with E-state index in [0.29, 0.717) is 36.9 Å². The molecule has 1 amide bonds. The Morgan fingerprint density at radius 2 is 1.97 bits per heavy atom. The van der Waals surface area contributed by atoms with Gasteiger partial charge in [0.25, 0.3) is 0 Å². The molecular weight excluding hydrogens is 408 g/mol. The smallest absolute Gasteiger partial charge is 0.373 e. The molecule has 2 bridgehead atoms. The van der Waals surface area contributed by atoms with Gasteiger partial charge in [0.15, 0.2) is 0 Å². The van der Waals surface area contributed by atoms with Gasteiger partial charge in [-0.25, -0.2) is 0 Å². The van der Waals surface area contributed by atoms with Crippen molar-refractivity contribution in [3.63, 3.8) is 0 Å². The average molecular weight is 432 g/mol.